The van der Waals surface area contributed by atoms with E-state index < -0.39 is 0 Å². The van der Waals surface area contributed by atoms with Crippen molar-refractivity contribution in [2.45, 2.75) is 56.8 Å². The van der Waals surface area contributed by atoms with E-state index in [0.29, 0.717) is 11.3 Å². The summed E-state index contributed by atoms with van der Waals surface area (Å²) >= 11 is 0. The summed E-state index contributed by atoms with van der Waals surface area (Å²) in [5.74, 6) is 1.22. The van der Waals surface area contributed by atoms with E-state index in [2.05, 4.69) is 42.5 Å². The number of benzene rings is 3. The van der Waals surface area contributed by atoms with Crippen molar-refractivity contribution in [1.82, 2.24) is 0 Å². The first-order valence-electron chi connectivity index (χ1n) is 10.5. The van der Waals surface area contributed by atoms with E-state index >= 15 is 0 Å². The van der Waals surface area contributed by atoms with Crippen molar-refractivity contribution < 1.29 is 4.39 Å². The summed E-state index contributed by atoms with van der Waals surface area (Å²) in [6, 6.07) is 23.0. The summed E-state index contributed by atoms with van der Waals surface area (Å²) < 4.78 is 13.2. The van der Waals surface area contributed by atoms with Crippen molar-refractivity contribution >= 4 is 10.8 Å². The van der Waals surface area contributed by atoms with Crippen LogP contribution in [0.4, 0.5) is 4.39 Å². The molecule has 1 heteroatoms. The van der Waals surface area contributed by atoms with Crippen LogP contribution >= 0.6 is 0 Å². The second kappa shape index (κ2) is 6.78. The molecule has 0 heterocycles. The number of halogens is 1. The largest absolute Gasteiger partial charge is 0.207 e. The van der Waals surface area contributed by atoms with Crippen molar-refractivity contribution in [2.24, 2.45) is 5.41 Å². The average molecular weight is 359 g/mol. The second-order valence-electron chi connectivity index (χ2n) is 8.87. The van der Waals surface area contributed by atoms with Gasteiger partial charge >= 0.3 is 0 Å². The van der Waals surface area contributed by atoms with Gasteiger partial charge in [-0.3, -0.25) is 0 Å². The van der Waals surface area contributed by atoms with Crippen LogP contribution in [0.15, 0.2) is 66.7 Å². The molecule has 2 fully saturated rings. The zero-order chi connectivity index (χ0) is 18.3. The van der Waals surface area contributed by atoms with E-state index in [4.69, 9.17) is 0 Å². The molecule has 27 heavy (non-hydrogen) atoms. The Labute approximate surface area is 161 Å². The third-order valence-electron chi connectivity index (χ3n) is 7.34. The molecular formula is C26H27F. The third-order valence-corrected chi connectivity index (χ3v) is 7.34. The molecule has 0 saturated heterocycles. The number of hydrogen-bond donors (Lipinski definition) is 0. The van der Waals surface area contributed by atoms with Crippen molar-refractivity contribution in [3.63, 3.8) is 0 Å². The molecule has 2 aliphatic rings. The van der Waals surface area contributed by atoms with Gasteiger partial charge in [-0.05, 0) is 96.2 Å². The van der Waals surface area contributed by atoms with E-state index in [-0.39, 0.29) is 5.82 Å². The molecular weight excluding hydrogens is 331 g/mol. The van der Waals surface area contributed by atoms with Crippen LogP contribution in [-0.2, 0) is 0 Å². The Morgan fingerprint density at radius 2 is 1.30 bits per heavy atom. The van der Waals surface area contributed by atoms with Crippen LogP contribution in [0.5, 0.6) is 0 Å². The summed E-state index contributed by atoms with van der Waals surface area (Å²) in [5, 5.41) is 2.71. The predicted molar refractivity (Wildman–Crippen MR) is 111 cm³/mol. The molecule has 0 nitrogen and oxygen atoms in total. The molecule has 5 rings (SSSR count). The fraction of sp³-hybridized carbons (Fsp3) is 0.385. The highest BCUT2D eigenvalue weighted by Crippen LogP contribution is 2.56. The van der Waals surface area contributed by atoms with Gasteiger partial charge in [-0.1, -0.05) is 54.6 Å². The molecule has 1 spiro atoms. The number of hydrogen-bond acceptors (Lipinski definition) is 0. The van der Waals surface area contributed by atoms with Gasteiger partial charge in [0.05, 0.1) is 0 Å². The molecule has 1 unspecified atom stereocenters. The predicted octanol–water partition coefficient (Wildman–Crippen LogP) is 7.59. The Hall–Kier alpha value is -2.15. The van der Waals surface area contributed by atoms with E-state index in [9.17, 15) is 4.39 Å². The first kappa shape index (κ1) is 17.0. The molecule has 2 aliphatic carbocycles. The van der Waals surface area contributed by atoms with Crippen molar-refractivity contribution in [2.75, 3.05) is 0 Å². The molecule has 2 saturated carbocycles. The van der Waals surface area contributed by atoms with Crippen LogP contribution in [0.2, 0.25) is 0 Å². The minimum Gasteiger partial charge on any atom is -0.207 e. The standard InChI is InChI=1S/C26H27F/c27-25-9-7-20(8-10-25)21-11-14-26(15-12-21)16-13-24(18-26)23-6-5-19-3-1-2-4-22(19)17-23/h1-10,17,21,24H,11-16,18H2. The molecule has 1 atom stereocenters. The smallest absolute Gasteiger partial charge is 0.123 e. The lowest BCUT2D eigenvalue weighted by Gasteiger charge is -2.38. The molecule has 0 aliphatic heterocycles. The number of fused-ring (bicyclic) bond motifs is 1. The first-order valence-corrected chi connectivity index (χ1v) is 10.5. The Kier molecular flexibility index (Phi) is 4.27. The number of rotatable bonds is 2. The Morgan fingerprint density at radius 3 is 2.04 bits per heavy atom. The molecule has 138 valence electrons. The Balaban J connectivity index is 1.28. The summed E-state index contributed by atoms with van der Waals surface area (Å²) in [7, 11) is 0. The summed E-state index contributed by atoms with van der Waals surface area (Å²) in [4.78, 5) is 0. The minimum absolute atomic E-state index is 0.125. The van der Waals surface area contributed by atoms with Crippen LogP contribution in [0.3, 0.4) is 0 Å². The van der Waals surface area contributed by atoms with E-state index in [0.717, 1.165) is 5.92 Å². The lowest BCUT2D eigenvalue weighted by atomic mass is 9.67. The minimum atomic E-state index is -0.125. The van der Waals surface area contributed by atoms with Crippen LogP contribution < -0.4 is 0 Å². The summed E-state index contributed by atoms with van der Waals surface area (Å²) in [6.07, 6.45) is 9.24. The van der Waals surface area contributed by atoms with Crippen molar-refractivity contribution in [1.29, 1.82) is 0 Å². The van der Waals surface area contributed by atoms with Gasteiger partial charge in [-0.25, -0.2) is 4.39 Å². The molecule has 0 bridgehead atoms. The summed E-state index contributed by atoms with van der Waals surface area (Å²) in [5.41, 5.74) is 3.41. The van der Waals surface area contributed by atoms with Crippen LogP contribution in [-0.4, -0.2) is 0 Å². The van der Waals surface area contributed by atoms with Gasteiger partial charge in [-0.2, -0.15) is 0 Å². The Bertz CT molecular complexity index is 932. The zero-order valence-corrected chi connectivity index (χ0v) is 15.8. The third kappa shape index (κ3) is 3.29. The van der Waals surface area contributed by atoms with Gasteiger partial charge in [0.25, 0.3) is 0 Å². The quantitative estimate of drug-likeness (QED) is 0.442. The fourth-order valence-electron chi connectivity index (χ4n) is 5.71. The van der Waals surface area contributed by atoms with Crippen molar-refractivity contribution in [3.05, 3.63) is 83.7 Å². The maximum atomic E-state index is 13.2. The topological polar surface area (TPSA) is 0 Å². The summed E-state index contributed by atoms with van der Waals surface area (Å²) in [6.45, 7) is 0. The first-order chi connectivity index (χ1) is 13.2. The molecule has 0 radical (unpaired) electrons. The van der Waals surface area contributed by atoms with Gasteiger partial charge in [0.1, 0.15) is 5.82 Å². The van der Waals surface area contributed by atoms with Gasteiger partial charge in [-0.15, -0.1) is 0 Å². The maximum Gasteiger partial charge on any atom is 0.123 e. The molecule has 3 aromatic carbocycles. The lowest BCUT2D eigenvalue weighted by Crippen LogP contribution is -2.24. The van der Waals surface area contributed by atoms with Gasteiger partial charge in [0.15, 0.2) is 0 Å². The highest BCUT2D eigenvalue weighted by molar-refractivity contribution is 5.83. The monoisotopic (exact) mass is 358 g/mol. The fourth-order valence-corrected chi connectivity index (χ4v) is 5.71. The average Bonchev–Trinajstić information content (AvgIpc) is 3.13. The zero-order valence-electron chi connectivity index (χ0n) is 15.8. The Morgan fingerprint density at radius 1 is 0.667 bits per heavy atom. The van der Waals surface area contributed by atoms with E-state index in [1.807, 2.05) is 12.1 Å². The highest BCUT2D eigenvalue weighted by atomic mass is 19.1. The van der Waals surface area contributed by atoms with E-state index in [1.54, 1.807) is 12.1 Å². The highest BCUT2D eigenvalue weighted by Gasteiger charge is 2.42. The normalized spacial score (nSPS) is 28.0. The van der Waals surface area contributed by atoms with Gasteiger partial charge in [0.2, 0.25) is 0 Å². The maximum absolute atomic E-state index is 13.2. The molecule has 0 aromatic heterocycles. The molecule has 3 aromatic rings. The van der Waals surface area contributed by atoms with Crippen molar-refractivity contribution in [3.8, 4) is 0 Å². The SMILES string of the molecule is Fc1ccc(C2CCC3(CC2)CCC(c2ccc4ccccc4c2)C3)cc1. The van der Waals surface area contributed by atoms with Crippen LogP contribution in [0.25, 0.3) is 10.8 Å². The molecule has 0 amide bonds. The van der Waals surface area contributed by atoms with E-state index in [1.165, 1.54) is 66.8 Å². The van der Waals surface area contributed by atoms with Crippen LogP contribution in [0, 0.1) is 11.2 Å². The van der Waals surface area contributed by atoms with Gasteiger partial charge < -0.3 is 0 Å². The lowest BCUT2D eigenvalue weighted by molar-refractivity contribution is 0.179. The second-order valence-corrected chi connectivity index (χ2v) is 8.87. The van der Waals surface area contributed by atoms with Crippen LogP contribution in [0.1, 0.15) is 67.9 Å². The van der Waals surface area contributed by atoms with Gasteiger partial charge in [0, 0.05) is 0 Å². The molecule has 0 N–H and O–H groups in total.